The molecule has 0 aromatic heterocycles. The first kappa shape index (κ1) is 13.5. The summed E-state index contributed by atoms with van der Waals surface area (Å²) in [6, 6.07) is 9.35. The zero-order valence-corrected chi connectivity index (χ0v) is 11.2. The van der Waals surface area contributed by atoms with Crippen LogP contribution in [-0.4, -0.2) is 21.0 Å². The quantitative estimate of drug-likeness (QED) is 0.843. The van der Waals surface area contributed by atoms with Crippen LogP contribution in [0, 0.1) is 5.92 Å². The van der Waals surface area contributed by atoms with Crippen LogP contribution in [0.25, 0.3) is 0 Å². The SMILES string of the molecule is NC1CCCC1CNS(=O)(=O)Cc1ccccc1. The minimum Gasteiger partial charge on any atom is -0.327 e. The molecular formula is C13H20N2O2S. The molecule has 1 aliphatic rings. The van der Waals surface area contributed by atoms with E-state index in [1.807, 2.05) is 30.3 Å². The Balaban J connectivity index is 1.88. The minimum atomic E-state index is -3.25. The van der Waals surface area contributed by atoms with Crippen molar-refractivity contribution in [2.24, 2.45) is 11.7 Å². The summed E-state index contributed by atoms with van der Waals surface area (Å²) < 4.78 is 26.5. The van der Waals surface area contributed by atoms with Crippen LogP contribution in [0.1, 0.15) is 24.8 Å². The molecule has 2 atom stereocenters. The molecule has 2 rings (SSSR count). The lowest BCUT2D eigenvalue weighted by atomic mass is 10.1. The molecule has 100 valence electrons. The number of rotatable bonds is 5. The molecule has 18 heavy (non-hydrogen) atoms. The number of nitrogens with one attached hydrogen (secondary N) is 1. The average molecular weight is 268 g/mol. The predicted molar refractivity (Wildman–Crippen MR) is 72.4 cm³/mol. The highest BCUT2D eigenvalue weighted by Crippen LogP contribution is 2.23. The maximum Gasteiger partial charge on any atom is 0.215 e. The number of nitrogens with two attached hydrogens (primary N) is 1. The van der Waals surface area contributed by atoms with Crippen LogP contribution in [0.2, 0.25) is 0 Å². The van der Waals surface area contributed by atoms with E-state index in [1.165, 1.54) is 0 Å². The topological polar surface area (TPSA) is 72.2 Å². The summed E-state index contributed by atoms with van der Waals surface area (Å²) in [7, 11) is -3.25. The van der Waals surface area contributed by atoms with Crippen LogP contribution in [0.15, 0.2) is 30.3 Å². The molecule has 1 aromatic rings. The van der Waals surface area contributed by atoms with Crippen molar-refractivity contribution in [3.05, 3.63) is 35.9 Å². The summed E-state index contributed by atoms with van der Waals surface area (Å²) in [5, 5.41) is 0. The van der Waals surface area contributed by atoms with E-state index >= 15 is 0 Å². The highest BCUT2D eigenvalue weighted by molar-refractivity contribution is 7.88. The molecule has 1 aliphatic carbocycles. The monoisotopic (exact) mass is 268 g/mol. The number of hydrogen-bond acceptors (Lipinski definition) is 3. The Bertz CT molecular complexity index is 473. The third kappa shape index (κ3) is 3.80. The van der Waals surface area contributed by atoms with Crippen LogP contribution < -0.4 is 10.5 Å². The van der Waals surface area contributed by atoms with Crippen molar-refractivity contribution in [3.8, 4) is 0 Å². The molecule has 3 N–H and O–H groups in total. The Kier molecular flexibility index (Phi) is 4.37. The van der Waals surface area contributed by atoms with E-state index in [0.29, 0.717) is 6.54 Å². The second-order valence-corrected chi connectivity index (χ2v) is 6.75. The van der Waals surface area contributed by atoms with Gasteiger partial charge in [0.05, 0.1) is 5.75 Å². The number of benzene rings is 1. The summed E-state index contributed by atoms with van der Waals surface area (Å²) in [4.78, 5) is 0. The lowest BCUT2D eigenvalue weighted by molar-refractivity contribution is 0.469. The van der Waals surface area contributed by atoms with Crippen molar-refractivity contribution in [2.75, 3.05) is 6.54 Å². The molecule has 2 unspecified atom stereocenters. The average Bonchev–Trinajstić information content (AvgIpc) is 2.73. The Morgan fingerprint density at radius 1 is 1.22 bits per heavy atom. The fourth-order valence-electron chi connectivity index (χ4n) is 2.40. The van der Waals surface area contributed by atoms with Crippen LogP contribution in [0.4, 0.5) is 0 Å². The molecule has 0 aliphatic heterocycles. The lowest BCUT2D eigenvalue weighted by Gasteiger charge is -2.16. The Morgan fingerprint density at radius 3 is 2.56 bits per heavy atom. The number of hydrogen-bond donors (Lipinski definition) is 2. The van der Waals surface area contributed by atoms with Gasteiger partial charge < -0.3 is 5.73 Å². The van der Waals surface area contributed by atoms with Gasteiger partial charge in [-0.1, -0.05) is 36.8 Å². The highest BCUT2D eigenvalue weighted by atomic mass is 32.2. The molecule has 1 aromatic carbocycles. The zero-order valence-electron chi connectivity index (χ0n) is 10.4. The van der Waals surface area contributed by atoms with E-state index in [9.17, 15) is 8.42 Å². The molecular weight excluding hydrogens is 248 g/mol. The Morgan fingerprint density at radius 2 is 1.94 bits per heavy atom. The van der Waals surface area contributed by atoms with Gasteiger partial charge in [-0.2, -0.15) is 0 Å². The number of sulfonamides is 1. The molecule has 0 bridgehead atoms. The third-order valence-corrected chi connectivity index (χ3v) is 4.80. The van der Waals surface area contributed by atoms with Gasteiger partial charge in [0.25, 0.3) is 0 Å². The van der Waals surface area contributed by atoms with E-state index in [4.69, 9.17) is 5.73 Å². The Labute approximate surface area is 109 Å². The smallest absolute Gasteiger partial charge is 0.215 e. The fourth-order valence-corrected chi connectivity index (χ4v) is 3.60. The molecule has 1 fully saturated rings. The molecule has 1 saturated carbocycles. The van der Waals surface area contributed by atoms with Gasteiger partial charge in [-0.25, -0.2) is 13.1 Å². The van der Waals surface area contributed by atoms with E-state index in [0.717, 1.165) is 24.8 Å². The van der Waals surface area contributed by atoms with E-state index in [2.05, 4.69) is 4.72 Å². The predicted octanol–water partition coefficient (Wildman–Crippen LogP) is 1.23. The molecule has 0 saturated heterocycles. The maximum atomic E-state index is 11.9. The summed E-state index contributed by atoms with van der Waals surface area (Å²) >= 11 is 0. The molecule has 5 heteroatoms. The lowest BCUT2D eigenvalue weighted by Crippen LogP contribution is -2.36. The molecule has 0 spiro atoms. The molecule has 0 radical (unpaired) electrons. The van der Waals surface area contributed by atoms with Gasteiger partial charge in [0.2, 0.25) is 10.0 Å². The fraction of sp³-hybridized carbons (Fsp3) is 0.538. The van der Waals surface area contributed by atoms with E-state index < -0.39 is 10.0 Å². The first-order valence-corrected chi connectivity index (χ1v) is 7.99. The normalized spacial score (nSPS) is 24.3. The van der Waals surface area contributed by atoms with Crippen LogP contribution in [-0.2, 0) is 15.8 Å². The molecule has 4 nitrogen and oxygen atoms in total. The van der Waals surface area contributed by atoms with Crippen molar-refractivity contribution in [1.82, 2.24) is 4.72 Å². The van der Waals surface area contributed by atoms with Crippen molar-refractivity contribution in [2.45, 2.75) is 31.1 Å². The van der Waals surface area contributed by atoms with Crippen molar-refractivity contribution >= 4 is 10.0 Å². The van der Waals surface area contributed by atoms with Gasteiger partial charge in [0.1, 0.15) is 0 Å². The first-order chi connectivity index (χ1) is 8.57. The second kappa shape index (κ2) is 5.82. The van der Waals surface area contributed by atoms with E-state index in [1.54, 1.807) is 0 Å². The maximum absolute atomic E-state index is 11.9. The summed E-state index contributed by atoms with van der Waals surface area (Å²) in [6.45, 7) is 0.469. The van der Waals surface area contributed by atoms with Gasteiger partial charge in [-0.3, -0.25) is 0 Å². The van der Waals surface area contributed by atoms with Gasteiger partial charge in [-0.05, 0) is 24.3 Å². The zero-order chi connectivity index (χ0) is 13.0. The van der Waals surface area contributed by atoms with E-state index in [-0.39, 0.29) is 17.7 Å². The highest BCUT2D eigenvalue weighted by Gasteiger charge is 2.25. The van der Waals surface area contributed by atoms with Crippen molar-refractivity contribution < 1.29 is 8.42 Å². The summed E-state index contributed by atoms with van der Waals surface area (Å²) in [5.74, 6) is 0.325. The Hall–Kier alpha value is -0.910. The van der Waals surface area contributed by atoms with Crippen molar-refractivity contribution in [3.63, 3.8) is 0 Å². The van der Waals surface area contributed by atoms with Gasteiger partial charge in [0, 0.05) is 12.6 Å². The van der Waals surface area contributed by atoms with Crippen LogP contribution in [0.5, 0.6) is 0 Å². The third-order valence-electron chi connectivity index (χ3n) is 3.48. The molecule has 0 heterocycles. The van der Waals surface area contributed by atoms with Gasteiger partial charge in [-0.15, -0.1) is 0 Å². The van der Waals surface area contributed by atoms with Crippen LogP contribution in [0.3, 0.4) is 0 Å². The van der Waals surface area contributed by atoms with Gasteiger partial charge >= 0.3 is 0 Å². The largest absolute Gasteiger partial charge is 0.327 e. The standard InChI is InChI=1S/C13H20N2O2S/c14-13-8-4-7-12(13)9-15-18(16,17)10-11-5-2-1-3-6-11/h1-3,5-6,12-13,15H,4,7-10,14H2. The second-order valence-electron chi connectivity index (χ2n) is 4.95. The molecule has 0 amide bonds. The van der Waals surface area contributed by atoms with Crippen molar-refractivity contribution in [1.29, 1.82) is 0 Å². The summed E-state index contributed by atoms with van der Waals surface area (Å²) in [5.41, 5.74) is 6.73. The van der Waals surface area contributed by atoms with Gasteiger partial charge in [0.15, 0.2) is 0 Å². The minimum absolute atomic E-state index is 0.0375. The van der Waals surface area contributed by atoms with Crippen LogP contribution >= 0.6 is 0 Å². The first-order valence-electron chi connectivity index (χ1n) is 6.34. The summed E-state index contributed by atoms with van der Waals surface area (Å²) in [6.07, 6.45) is 3.13.